The first-order valence-corrected chi connectivity index (χ1v) is 8.19. The molecule has 4 nitrogen and oxygen atoms in total. The van der Waals surface area contributed by atoms with Crippen molar-refractivity contribution >= 4 is 23.2 Å². The van der Waals surface area contributed by atoms with Crippen LogP contribution in [0.2, 0.25) is 5.02 Å². The molecule has 1 N–H and O–H groups in total. The second kappa shape index (κ2) is 6.36. The van der Waals surface area contributed by atoms with Gasteiger partial charge >= 0.3 is 0 Å². The second-order valence-corrected chi connectivity index (χ2v) is 7.25. The molecule has 0 radical (unpaired) electrons. The Morgan fingerprint density at radius 1 is 1.08 bits per heavy atom. The SMILES string of the molecule is Cc1ccc(Cl)cc1NC(=O)c1ccc2c(c1)OCC(C)(C)CO2. The molecule has 24 heavy (non-hydrogen) atoms. The highest BCUT2D eigenvalue weighted by molar-refractivity contribution is 6.31. The van der Waals surface area contributed by atoms with Gasteiger partial charge in [0.15, 0.2) is 11.5 Å². The molecule has 2 aromatic rings. The summed E-state index contributed by atoms with van der Waals surface area (Å²) in [6, 6.07) is 10.6. The number of halogens is 1. The van der Waals surface area contributed by atoms with Gasteiger partial charge in [0, 0.05) is 21.7 Å². The quantitative estimate of drug-likeness (QED) is 0.858. The van der Waals surface area contributed by atoms with Crippen molar-refractivity contribution in [3.8, 4) is 11.5 Å². The Hall–Kier alpha value is -2.20. The van der Waals surface area contributed by atoms with Gasteiger partial charge in [-0.1, -0.05) is 31.5 Å². The lowest BCUT2D eigenvalue weighted by Gasteiger charge is -2.19. The van der Waals surface area contributed by atoms with Crippen LogP contribution in [0.5, 0.6) is 11.5 Å². The van der Waals surface area contributed by atoms with Crippen LogP contribution >= 0.6 is 11.6 Å². The van der Waals surface area contributed by atoms with Crippen molar-refractivity contribution in [3.05, 3.63) is 52.5 Å². The first-order chi connectivity index (χ1) is 11.3. The van der Waals surface area contributed by atoms with Gasteiger partial charge in [-0.25, -0.2) is 0 Å². The monoisotopic (exact) mass is 345 g/mol. The van der Waals surface area contributed by atoms with Gasteiger partial charge in [-0.15, -0.1) is 0 Å². The molecule has 1 amide bonds. The number of hydrogen-bond acceptors (Lipinski definition) is 3. The van der Waals surface area contributed by atoms with Crippen molar-refractivity contribution < 1.29 is 14.3 Å². The smallest absolute Gasteiger partial charge is 0.255 e. The van der Waals surface area contributed by atoms with Crippen LogP contribution in [0.3, 0.4) is 0 Å². The van der Waals surface area contributed by atoms with Crippen LogP contribution < -0.4 is 14.8 Å². The van der Waals surface area contributed by atoms with E-state index in [1.54, 1.807) is 30.3 Å². The Morgan fingerprint density at radius 2 is 1.79 bits per heavy atom. The number of aryl methyl sites for hydroxylation is 1. The average molecular weight is 346 g/mol. The molecule has 0 fully saturated rings. The summed E-state index contributed by atoms with van der Waals surface area (Å²) < 4.78 is 11.6. The van der Waals surface area contributed by atoms with Gasteiger partial charge in [-0.2, -0.15) is 0 Å². The average Bonchev–Trinajstić information content (AvgIpc) is 2.69. The van der Waals surface area contributed by atoms with E-state index in [0.29, 0.717) is 41.0 Å². The summed E-state index contributed by atoms with van der Waals surface area (Å²) in [4.78, 5) is 12.5. The zero-order valence-corrected chi connectivity index (χ0v) is 14.7. The predicted molar refractivity (Wildman–Crippen MR) is 95.4 cm³/mol. The van der Waals surface area contributed by atoms with Gasteiger partial charge in [0.1, 0.15) is 0 Å². The summed E-state index contributed by atoms with van der Waals surface area (Å²) in [6.07, 6.45) is 0. The number of benzene rings is 2. The molecule has 3 rings (SSSR count). The number of anilines is 1. The van der Waals surface area contributed by atoms with E-state index < -0.39 is 0 Å². The summed E-state index contributed by atoms with van der Waals surface area (Å²) in [6.45, 7) is 7.19. The van der Waals surface area contributed by atoms with Crippen LogP contribution in [0.1, 0.15) is 29.8 Å². The van der Waals surface area contributed by atoms with Gasteiger partial charge in [0.05, 0.1) is 13.2 Å². The molecule has 2 aromatic carbocycles. The number of carbonyl (C=O) groups excluding carboxylic acids is 1. The molecule has 126 valence electrons. The van der Waals surface area contributed by atoms with Crippen molar-refractivity contribution in [2.24, 2.45) is 5.41 Å². The summed E-state index contributed by atoms with van der Waals surface area (Å²) in [5, 5.41) is 3.47. The lowest BCUT2D eigenvalue weighted by atomic mass is 9.97. The van der Waals surface area contributed by atoms with Crippen LogP contribution in [0, 0.1) is 12.3 Å². The fraction of sp³-hybridized carbons (Fsp3) is 0.316. The molecule has 5 heteroatoms. The van der Waals surface area contributed by atoms with Gasteiger partial charge in [-0.3, -0.25) is 4.79 Å². The maximum Gasteiger partial charge on any atom is 0.255 e. The van der Waals surface area contributed by atoms with E-state index >= 15 is 0 Å². The molecule has 0 aliphatic carbocycles. The van der Waals surface area contributed by atoms with E-state index in [1.165, 1.54) is 0 Å². The number of amides is 1. The number of nitrogens with one attached hydrogen (secondary N) is 1. The molecule has 0 bridgehead atoms. The van der Waals surface area contributed by atoms with E-state index in [1.807, 2.05) is 13.0 Å². The maximum absolute atomic E-state index is 12.5. The second-order valence-electron chi connectivity index (χ2n) is 6.82. The minimum absolute atomic E-state index is 0.0701. The van der Waals surface area contributed by atoms with Crippen molar-refractivity contribution in [3.63, 3.8) is 0 Å². The minimum atomic E-state index is -0.213. The van der Waals surface area contributed by atoms with Gasteiger partial charge in [-0.05, 0) is 42.8 Å². The van der Waals surface area contributed by atoms with Crippen LogP contribution in [0.15, 0.2) is 36.4 Å². The summed E-state index contributed by atoms with van der Waals surface area (Å²) in [5.41, 5.74) is 2.08. The lowest BCUT2D eigenvalue weighted by molar-refractivity contribution is 0.102. The van der Waals surface area contributed by atoms with Crippen LogP contribution in [-0.2, 0) is 0 Å². The zero-order chi connectivity index (χ0) is 17.3. The largest absolute Gasteiger partial charge is 0.489 e. The fourth-order valence-electron chi connectivity index (χ4n) is 2.39. The number of fused-ring (bicyclic) bond motifs is 1. The Kier molecular flexibility index (Phi) is 4.41. The Labute approximate surface area is 146 Å². The third kappa shape index (κ3) is 3.65. The third-order valence-electron chi connectivity index (χ3n) is 3.89. The molecule has 0 atom stereocenters. The number of carbonyl (C=O) groups is 1. The number of ether oxygens (including phenoxy) is 2. The van der Waals surface area contributed by atoms with E-state index in [9.17, 15) is 4.79 Å². The summed E-state index contributed by atoms with van der Waals surface area (Å²) in [7, 11) is 0. The van der Waals surface area contributed by atoms with Crippen LogP contribution in [0.25, 0.3) is 0 Å². The topological polar surface area (TPSA) is 47.6 Å². The zero-order valence-electron chi connectivity index (χ0n) is 14.0. The first kappa shape index (κ1) is 16.7. The van der Waals surface area contributed by atoms with Gasteiger partial charge in [0.2, 0.25) is 0 Å². The van der Waals surface area contributed by atoms with Crippen molar-refractivity contribution in [2.75, 3.05) is 18.5 Å². The molecular formula is C19H20ClNO3. The molecule has 1 aliphatic heterocycles. The lowest BCUT2D eigenvalue weighted by Crippen LogP contribution is -2.26. The summed E-state index contributed by atoms with van der Waals surface area (Å²) in [5.74, 6) is 1.04. The minimum Gasteiger partial charge on any atom is -0.489 e. The van der Waals surface area contributed by atoms with Crippen molar-refractivity contribution in [1.82, 2.24) is 0 Å². The van der Waals surface area contributed by atoms with Crippen LogP contribution in [-0.4, -0.2) is 19.1 Å². The van der Waals surface area contributed by atoms with Gasteiger partial charge in [0.25, 0.3) is 5.91 Å². The van der Waals surface area contributed by atoms with Gasteiger partial charge < -0.3 is 14.8 Å². The number of hydrogen-bond donors (Lipinski definition) is 1. The van der Waals surface area contributed by atoms with E-state index in [4.69, 9.17) is 21.1 Å². The predicted octanol–water partition coefficient (Wildman–Crippen LogP) is 4.70. The molecule has 0 saturated carbocycles. The Bertz CT molecular complexity index is 786. The highest BCUT2D eigenvalue weighted by Crippen LogP contribution is 2.34. The van der Waals surface area contributed by atoms with E-state index in [0.717, 1.165) is 5.56 Å². The highest BCUT2D eigenvalue weighted by atomic mass is 35.5. The standard InChI is InChI=1S/C19H20ClNO3/c1-12-4-6-14(20)9-15(12)21-18(22)13-5-7-16-17(8-13)24-11-19(2,3)10-23-16/h4-9H,10-11H2,1-3H3,(H,21,22). The van der Waals surface area contributed by atoms with Crippen molar-refractivity contribution in [2.45, 2.75) is 20.8 Å². The molecule has 0 unspecified atom stereocenters. The normalized spacial score (nSPS) is 15.5. The van der Waals surface area contributed by atoms with E-state index in [2.05, 4.69) is 19.2 Å². The number of rotatable bonds is 2. The fourth-order valence-corrected chi connectivity index (χ4v) is 2.56. The molecule has 0 aromatic heterocycles. The first-order valence-electron chi connectivity index (χ1n) is 7.81. The molecule has 0 spiro atoms. The highest BCUT2D eigenvalue weighted by Gasteiger charge is 2.25. The molecular weight excluding hydrogens is 326 g/mol. The molecule has 1 heterocycles. The Balaban J connectivity index is 1.82. The maximum atomic E-state index is 12.5. The molecule has 1 aliphatic rings. The van der Waals surface area contributed by atoms with Crippen molar-refractivity contribution in [1.29, 1.82) is 0 Å². The Morgan fingerprint density at radius 3 is 2.54 bits per heavy atom. The molecule has 0 saturated heterocycles. The summed E-state index contributed by atoms with van der Waals surface area (Å²) >= 11 is 6.00. The van der Waals surface area contributed by atoms with E-state index in [-0.39, 0.29) is 11.3 Å². The van der Waals surface area contributed by atoms with Crippen LogP contribution in [0.4, 0.5) is 5.69 Å². The third-order valence-corrected chi connectivity index (χ3v) is 4.13.